The maximum absolute atomic E-state index is 11.3. The Kier molecular flexibility index (Phi) is 6.10. The summed E-state index contributed by atoms with van der Waals surface area (Å²) in [5.74, 6) is 0.856. The van der Waals surface area contributed by atoms with Crippen LogP contribution in [0.1, 0.15) is 19.8 Å². The molecule has 0 fully saturated rings. The lowest BCUT2D eigenvalue weighted by molar-refractivity contribution is -0.121. The van der Waals surface area contributed by atoms with Crippen LogP contribution in [0.2, 0.25) is 0 Å². The first-order valence-corrected chi connectivity index (χ1v) is 5.88. The van der Waals surface area contributed by atoms with Crippen LogP contribution >= 0.6 is 0 Å². The van der Waals surface area contributed by atoms with Crippen LogP contribution in [-0.2, 0) is 4.79 Å². The van der Waals surface area contributed by atoms with E-state index in [4.69, 9.17) is 10.5 Å². The van der Waals surface area contributed by atoms with E-state index in [9.17, 15) is 4.79 Å². The summed E-state index contributed by atoms with van der Waals surface area (Å²) in [6.45, 7) is 3.04. The predicted octanol–water partition coefficient (Wildman–Crippen LogP) is 1.31. The Balaban J connectivity index is 2.03. The first kappa shape index (κ1) is 13.5. The van der Waals surface area contributed by atoms with Crippen molar-refractivity contribution < 1.29 is 9.53 Å². The summed E-state index contributed by atoms with van der Waals surface area (Å²) in [6.07, 6.45) is 1.17. The number of nitrogens with two attached hydrogens (primary N) is 1. The zero-order valence-electron chi connectivity index (χ0n) is 10.2. The Hall–Kier alpha value is -1.55. The van der Waals surface area contributed by atoms with E-state index in [-0.39, 0.29) is 11.9 Å². The van der Waals surface area contributed by atoms with Gasteiger partial charge in [-0.25, -0.2) is 0 Å². The molecule has 0 bridgehead atoms. The number of amides is 1. The molecule has 1 atom stereocenters. The summed E-state index contributed by atoms with van der Waals surface area (Å²) in [7, 11) is 0. The van der Waals surface area contributed by atoms with Crippen molar-refractivity contribution in [2.45, 2.75) is 25.8 Å². The second-order valence-corrected chi connectivity index (χ2v) is 4.05. The van der Waals surface area contributed by atoms with Crippen LogP contribution in [-0.4, -0.2) is 25.1 Å². The maximum Gasteiger partial charge on any atom is 0.221 e. The standard InChI is InChI=1S/C13H20N2O2/c1-11(14)10-13(16)15-8-5-9-17-12-6-3-2-4-7-12/h2-4,6-7,11H,5,8-10,14H2,1H3,(H,15,16). The van der Waals surface area contributed by atoms with Crippen molar-refractivity contribution in [3.8, 4) is 5.75 Å². The lowest BCUT2D eigenvalue weighted by Gasteiger charge is -2.08. The van der Waals surface area contributed by atoms with E-state index in [1.165, 1.54) is 0 Å². The van der Waals surface area contributed by atoms with Crippen LogP contribution in [0.25, 0.3) is 0 Å². The highest BCUT2D eigenvalue weighted by atomic mass is 16.5. The molecule has 0 aliphatic carbocycles. The summed E-state index contributed by atoms with van der Waals surface area (Å²) < 4.78 is 5.49. The molecule has 0 saturated carbocycles. The van der Waals surface area contributed by atoms with E-state index in [1.54, 1.807) is 0 Å². The number of para-hydroxylation sites is 1. The molecule has 0 radical (unpaired) electrons. The molecule has 0 spiro atoms. The predicted molar refractivity (Wildman–Crippen MR) is 67.8 cm³/mol. The molecule has 1 rings (SSSR count). The van der Waals surface area contributed by atoms with Crippen LogP contribution in [0.5, 0.6) is 5.75 Å². The summed E-state index contributed by atoms with van der Waals surface area (Å²) in [5, 5.41) is 2.80. The zero-order chi connectivity index (χ0) is 12.5. The third-order valence-electron chi connectivity index (χ3n) is 2.16. The van der Waals surface area contributed by atoms with Gasteiger partial charge in [0.15, 0.2) is 0 Å². The highest BCUT2D eigenvalue weighted by Gasteiger charge is 2.03. The molecule has 0 heterocycles. The van der Waals surface area contributed by atoms with Gasteiger partial charge in [0.2, 0.25) is 5.91 Å². The monoisotopic (exact) mass is 236 g/mol. The quantitative estimate of drug-likeness (QED) is 0.702. The number of hydrogen-bond acceptors (Lipinski definition) is 3. The number of benzene rings is 1. The molecule has 94 valence electrons. The molecule has 1 amide bonds. The van der Waals surface area contributed by atoms with E-state index >= 15 is 0 Å². The highest BCUT2D eigenvalue weighted by Crippen LogP contribution is 2.07. The largest absolute Gasteiger partial charge is 0.494 e. The Labute approximate surface area is 102 Å². The Morgan fingerprint density at radius 2 is 2.12 bits per heavy atom. The van der Waals surface area contributed by atoms with Gasteiger partial charge in [-0.15, -0.1) is 0 Å². The lowest BCUT2D eigenvalue weighted by atomic mass is 10.2. The van der Waals surface area contributed by atoms with Crippen molar-refractivity contribution in [3.63, 3.8) is 0 Å². The fraction of sp³-hybridized carbons (Fsp3) is 0.462. The van der Waals surface area contributed by atoms with Gasteiger partial charge in [0.25, 0.3) is 0 Å². The van der Waals surface area contributed by atoms with Gasteiger partial charge >= 0.3 is 0 Å². The molecular formula is C13H20N2O2. The molecule has 0 aliphatic heterocycles. The van der Waals surface area contributed by atoms with Crippen molar-refractivity contribution in [1.29, 1.82) is 0 Å². The summed E-state index contributed by atoms with van der Waals surface area (Å²) >= 11 is 0. The molecule has 1 aromatic carbocycles. The average molecular weight is 236 g/mol. The van der Waals surface area contributed by atoms with Crippen molar-refractivity contribution in [3.05, 3.63) is 30.3 Å². The molecule has 0 aliphatic rings. The molecule has 4 nitrogen and oxygen atoms in total. The van der Waals surface area contributed by atoms with Gasteiger partial charge in [-0.05, 0) is 25.5 Å². The lowest BCUT2D eigenvalue weighted by Crippen LogP contribution is -2.31. The Morgan fingerprint density at radius 3 is 2.76 bits per heavy atom. The molecule has 0 saturated heterocycles. The normalized spacial score (nSPS) is 11.9. The maximum atomic E-state index is 11.3. The second kappa shape index (κ2) is 7.68. The van der Waals surface area contributed by atoms with E-state index in [2.05, 4.69) is 5.32 Å². The molecule has 0 aromatic heterocycles. The van der Waals surface area contributed by atoms with Crippen LogP contribution in [0.4, 0.5) is 0 Å². The minimum atomic E-state index is -0.0874. The van der Waals surface area contributed by atoms with Gasteiger partial charge in [-0.2, -0.15) is 0 Å². The third-order valence-corrected chi connectivity index (χ3v) is 2.16. The zero-order valence-corrected chi connectivity index (χ0v) is 10.2. The Bertz CT molecular complexity index is 325. The molecular weight excluding hydrogens is 216 g/mol. The first-order chi connectivity index (χ1) is 8.18. The fourth-order valence-corrected chi connectivity index (χ4v) is 1.37. The van der Waals surface area contributed by atoms with Crippen LogP contribution in [0.15, 0.2) is 30.3 Å². The summed E-state index contributed by atoms with van der Waals surface area (Å²) in [4.78, 5) is 11.3. The van der Waals surface area contributed by atoms with E-state index in [0.717, 1.165) is 12.2 Å². The second-order valence-electron chi connectivity index (χ2n) is 4.05. The minimum Gasteiger partial charge on any atom is -0.494 e. The van der Waals surface area contributed by atoms with E-state index < -0.39 is 0 Å². The molecule has 4 heteroatoms. The SMILES string of the molecule is CC(N)CC(=O)NCCCOc1ccccc1. The van der Waals surface area contributed by atoms with Gasteiger partial charge in [0.05, 0.1) is 6.61 Å². The van der Waals surface area contributed by atoms with Crippen LogP contribution < -0.4 is 15.8 Å². The van der Waals surface area contributed by atoms with Gasteiger partial charge in [0.1, 0.15) is 5.75 Å². The fourth-order valence-electron chi connectivity index (χ4n) is 1.37. The number of carbonyl (C=O) groups is 1. The summed E-state index contributed by atoms with van der Waals surface area (Å²) in [5.41, 5.74) is 5.51. The molecule has 1 unspecified atom stereocenters. The smallest absolute Gasteiger partial charge is 0.221 e. The Morgan fingerprint density at radius 1 is 1.41 bits per heavy atom. The van der Waals surface area contributed by atoms with Crippen LogP contribution in [0.3, 0.4) is 0 Å². The van der Waals surface area contributed by atoms with Gasteiger partial charge in [0, 0.05) is 19.0 Å². The third kappa shape index (κ3) is 6.58. The molecule has 17 heavy (non-hydrogen) atoms. The topological polar surface area (TPSA) is 64.4 Å². The van der Waals surface area contributed by atoms with Crippen molar-refractivity contribution in [2.24, 2.45) is 5.73 Å². The van der Waals surface area contributed by atoms with Crippen molar-refractivity contribution in [2.75, 3.05) is 13.2 Å². The van der Waals surface area contributed by atoms with Gasteiger partial charge < -0.3 is 15.8 Å². The van der Waals surface area contributed by atoms with Gasteiger partial charge in [-0.1, -0.05) is 18.2 Å². The number of nitrogens with one attached hydrogen (secondary N) is 1. The number of carbonyl (C=O) groups excluding carboxylic acids is 1. The number of rotatable bonds is 7. The summed E-state index contributed by atoms with van der Waals surface area (Å²) in [6, 6.07) is 9.54. The van der Waals surface area contributed by atoms with Crippen molar-refractivity contribution in [1.82, 2.24) is 5.32 Å². The van der Waals surface area contributed by atoms with E-state index in [1.807, 2.05) is 37.3 Å². The van der Waals surface area contributed by atoms with Crippen LogP contribution in [0, 0.1) is 0 Å². The van der Waals surface area contributed by atoms with E-state index in [0.29, 0.717) is 19.6 Å². The number of hydrogen-bond donors (Lipinski definition) is 2. The minimum absolute atomic E-state index is 0.000267. The first-order valence-electron chi connectivity index (χ1n) is 5.88. The number of ether oxygens (including phenoxy) is 1. The van der Waals surface area contributed by atoms with Gasteiger partial charge in [-0.3, -0.25) is 4.79 Å². The molecule has 1 aromatic rings. The average Bonchev–Trinajstić information content (AvgIpc) is 2.29. The molecule has 3 N–H and O–H groups in total. The van der Waals surface area contributed by atoms with Crippen molar-refractivity contribution >= 4 is 5.91 Å². The highest BCUT2D eigenvalue weighted by molar-refractivity contribution is 5.76.